The number of hydrogen-bond donors (Lipinski definition) is 2. The highest BCUT2D eigenvalue weighted by Crippen LogP contribution is 2.19. The molecule has 7 nitrogen and oxygen atoms in total. The number of rotatable bonds is 7. The molecular weight excluding hydrogens is 462 g/mol. The van der Waals surface area contributed by atoms with Crippen molar-refractivity contribution in [1.82, 2.24) is 20.8 Å². The lowest BCUT2D eigenvalue weighted by Crippen LogP contribution is -2.32. The summed E-state index contributed by atoms with van der Waals surface area (Å²) >= 11 is 3.18. The molecule has 2 N–H and O–H groups in total. The third kappa shape index (κ3) is 5.47. The normalized spacial score (nSPS) is 11.7. The molecule has 0 radical (unpaired) electrons. The molecule has 1 atom stereocenters. The van der Waals surface area contributed by atoms with Gasteiger partial charge in [0.15, 0.2) is 0 Å². The Hall–Kier alpha value is -3.14. The summed E-state index contributed by atoms with van der Waals surface area (Å²) in [4.78, 5) is 28.4. The zero-order chi connectivity index (χ0) is 21.7. The van der Waals surface area contributed by atoms with Crippen molar-refractivity contribution in [2.75, 3.05) is 6.54 Å². The summed E-state index contributed by atoms with van der Waals surface area (Å²) in [5.41, 5.74) is 0.721. The number of amides is 2. The number of carbonyl (C=O) groups is 2. The molecule has 1 aromatic heterocycles. The van der Waals surface area contributed by atoms with Crippen LogP contribution in [-0.4, -0.2) is 28.5 Å². The van der Waals surface area contributed by atoms with Crippen molar-refractivity contribution in [2.24, 2.45) is 0 Å². The monoisotopic (exact) mass is 478 g/mol. The first kappa shape index (κ1) is 21.6. The van der Waals surface area contributed by atoms with Crippen molar-refractivity contribution in [3.63, 3.8) is 0 Å². The zero-order valence-electron chi connectivity index (χ0n) is 15.8. The number of nitrogens with zero attached hydrogens (tertiary/aromatic N) is 2. The van der Waals surface area contributed by atoms with Gasteiger partial charge in [-0.15, -0.1) is 0 Å². The van der Waals surface area contributed by atoms with Gasteiger partial charge in [0.2, 0.25) is 17.6 Å². The zero-order valence-corrected chi connectivity index (χ0v) is 17.4. The summed E-state index contributed by atoms with van der Waals surface area (Å²) in [6.07, 6.45) is 0.00196. The standard InChI is InChI=1S/C20H17BrF2N4O3/c1-11(20-26-18(27-30-20)12-2-4-13(22)5-3-12)25-17(28)8-9-24-19(29)15-10-14(23)6-7-16(15)21/h2-7,10-11H,8-9H2,1H3,(H,24,29)(H,25,28). The second kappa shape index (κ2) is 9.57. The van der Waals surface area contributed by atoms with Crippen LogP contribution < -0.4 is 10.6 Å². The fourth-order valence-electron chi connectivity index (χ4n) is 2.56. The number of hydrogen-bond acceptors (Lipinski definition) is 5. The van der Waals surface area contributed by atoms with Crippen molar-refractivity contribution in [2.45, 2.75) is 19.4 Å². The predicted molar refractivity (Wildman–Crippen MR) is 107 cm³/mol. The molecule has 1 unspecified atom stereocenters. The van der Waals surface area contributed by atoms with Crippen LogP contribution in [0.25, 0.3) is 11.4 Å². The summed E-state index contributed by atoms with van der Waals surface area (Å²) < 4.78 is 31.9. The highest BCUT2D eigenvalue weighted by atomic mass is 79.9. The largest absolute Gasteiger partial charge is 0.351 e. The summed E-state index contributed by atoms with van der Waals surface area (Å²) in [6.45, 7) is 1.73. The lowest BCUT2D eigenvalue weighted by molar-refractivity contribution is -0.121. The minimum absolute atomic E-state index is 0.00196. The number of halogens is 3. The number of aromatic nitrogens is 2. The van der Waals surface area contributed by atoms with E-state index in [4.69, 9.17) is 4.52 Å². The Bertz CT molecular complexity index is 1060. The molecule has 0 fully saturated rings. The lowest BCUT2D eigenvalue weighted by atomic mass is 10.2. The highest BCUT2D eigenvalue weighted by molar-refractivity contribution is 9.10. The minimum atomic E-state index is -0.563. The van der Waals surface area contributed by atoms with E-state index in [1.54, 1.807) is 6.92 Å². The molecule has 0 spiro atoms. The third-order valence-corrected chi connectivity index (χ3v) is 4.79. The van der Waals surface area contributed by atoms with Crippen LogP contribution in [0.4, 0.5) is 8.78 Å². The number of nitrogens with one attached hydrogen (secondary N) is 2. The van der Waals surface area contributed by atoms with Crippen LogP contribution in [-0.2, 0) is 4.79 Å². The lowest BCUT2D eigenvalue weighted by Gasteiger charge is -2.10. The second-order valence-electron chi connectivity index (χ2n) is 6.38. The fourth-order valence-corrected chi connectivity index (χ4v) is 2.99. The number of benzene rings is 2. The van der Waals surface area contributed by atoms with Gasteiger partial charge >= 0.3 is 0 Å². The molecule has 0 saturated carbocycles. The second-order valence-corrected chi connectivity index (χ2v) is 7.24. The van der Waals surface area contributed by atoms with E-state index in [9.17, 15) is 18.4 Å². The van der Waals surface area contributed by atoms with Crippen LogP contribution in [0.15, 0.2) is 51.5 Å². The van der Waals surface area contributed by atoms with Crippen molar-refractivity contribution in [3.8, 4) is 11.4 Å². The molecule has 0 aliphatic heterocycles. The molecule has 0 aliphatic rings. The molecular formula is C20H17BrF2N4O3. The smallest absolute Gasteiger partial charge is 0.252 e. The average Bonchev–Trinajstić information content (AvgIpc) is 3.20. The van der Waals surface area contributed by atoms with Gasteiger partial charge in [-0.25, -0.2) is 8.78 Å². The van der Waals surface area contributed by atoms with E-state index in [2.05, 4.69) is 36.7 Å². The molecule has 0 aliphatic carbocycles. The van der Waals surface area contributed by atoms with Gasteiger partial charge < -0.3 is 15.2 Å². The molecule has 3 aromatic rings. The first-order valence-electron chi connectivity index (χ1n) is 8.95. The van der Waals surface area contributed by atoms with E-state index in [0.717, 1.165) is 6.07 Å². The molecule has 0 saturated heterocycles. The van der Waals surface area contributed by atoms with E-state index >= 15 is 0 Å². The van der Waals surface area contributed by atoms with E-state index in [1.807, 2.05) is 0 Å². The van der Waals surface area contributed by atoms with Gasteiger partial charge in [0.1, 0.15) is 17.7 Å². The van der Waals surface area contributed by atoms with Gasteiger partial charge in [0.05, 0.1) is 5.56 Å². The Morgan fingerprint density at radius 2 is 1.83 bits per heavy atom. The maximum absolute atomic E-state index is 13.3. The summed E-state index contributed by atoms with van der Waals surface area (Å²) in [7, 11) is 0. The van der Waals surface area contributed by atoms with Crippen LogP contribution in [0.1, 0.15) is 35.6 Å². The van der Waals surface area contributed by atoms with E-state index in [0.29, 0.717) is 10.0 Å². The van der Waals surface area contributed by atoms with Crippen molar-refractivity contribution >= 4 is 27.7 Å². The predicted octanol–water partition coefficient (Wildman–Crippen LogP) is 3.77. The van der Waals surface area contributed by atoms with Gasteiger partial charge in [-0.05, 0) is 65.3 Å². The topological polar surface area (TPSA) is 97.1 Å². The third-order valence-electron chi connectivity index (χ3n) is 4.10. The number of carbonyl (C=O) groups excluding carboxylic acids is 2. The van der Waals surface area contributed by atoms with Crippen molar-refractivity contribution in [3.05, 3.63) is 70.0 Å². The fraction of sp³-hybridized carbons (Fsp3) is 0.200. The van der Waals surface area contributed by atoms with E-state index in [-0.39, 0.29) is 42.0 Å². The summed E-state index contributed by atoms with van der Waals surface area (Å²) in [6, 6.07) is 8.82. The van der Waals surface area contributed by atoms with Gasteiger partial charge in [0.25, 0.3) is 5.91 Å². The first-order chi connectivity index (χ1) is 14.3. The average molecular weight is 479 g/mol. The van der Waals surface area contributed by atoms with E-state index in [1.165, 1.54) is 36.4 Å². The van der Waals surface area contributed by atoms with Gasteiger partial charge in [0, 0.05) is 23.0 Å². The summed E-state index contributed by atoms with van der Waals surface area (Å²) in [5, 5.41) is 9.08. The van der Waals surface area contributed by atoms with Crippen LogP contribution in [0.2, 0.25) is 0 Å². The van der Waals surface area contributed by atoms with Crippen LogP contribution in [0.3, 0.4) is 0 Å². The van der Waals surface area contributed by atoms with Crippen LogP contribution in [0.5, 0.6) is 0 Å². The maximum Gasteiger partial charge on any atom is 0.252 e. The molecule has 0 bridgehead atoms. The van der Waals surface area contributed by atoms with Crippen LogP contribution in [0, 0.1) is 11.6 Å². The Kier molecular flexibility index (Phi) is 6.88. The first-order valence-corrected chi connectivity index (χ1v) is 9.75. The molecule has 2 amide bonds. The minimum Gasteiger partial charge on any atom is -0.351 e. The Morgan fingerprint density at radius 1 is 1.13 bits per heavy atom. The van der Waals surface area contributed by atoms with Gasteiger partial charge in [-0.3, -0.25) is 9.59 Å². The van der Waals surface area contributed by atoms with Crippen LogP contribution >= 0.6 is 15.9 Å². The van der Waals surface area contributed by atoms with Crippen molar-refractivity contribution < 1.29 is 22.9 Å². The molecule has 3 rings (SSSR count). The Labute approximate surface area is 179 Å². The molecule has 30 heavy (non-hydrogen) atoms. The SMILES string of the molecule is CC(NC(=O)CCNC(=O)c1cc(F)ccc1Br)c1nc(-c2ccc(F)cc2)no1. The van der Waals surface area contributed by atoms with Gasteiger partial charge in [-0.1, -0.05) is 5.16 Å². The Morgan fingerprint density at radius 3 is 2.57 bits per heavy atom. The molecule has 2 aromatic carbocycles. The highest BCUT2D eigenvalue weighted by Gasteiger charge is 2.18. The summed E-state index contributed by atoms with van der Waals surface area (Å²) in [5.74, 6) is -1.28. The quantitative estimate of drug-likeness (QED) is 0.538. The maximum atomic E-state index is 13.3. The molecule has 156 valence electrons. The molecule has 1 heterocycles. The Balaban J connectivity index is 1.49. The van der Waals surface area contributed by atoms with Gasteiger partial charge in [-0.2, -0.15) is 4.98 Å². The van der Waals surface area contributed by atoms with Crippen molar-refractivity contribution in [1.29, 1.82) is 0 Å². The molecule has 10 heteroatoms. The van der Waals surface area contributed by atoms with E-state index < -0.39 is 17.8 Å².